The molecular weight excluding hydrogens is 555 g/mol. The number of halogens is 2. The maximum Gasteiger partial charge on any atom is 0.262 e. The van der Waals surface area contributed by atoms with Crippen molar-refractivity contribution in [2.24, 2.45) is 0 Å². The molecule has 37 heavy (non-hydrogen) atoms. The average Bonchev–Trinajstić information content (AvgIpc) is 3.31. The van der Waals surface area contributed by atoms with E-state index in [0.717, 1.165) is 0 Å². The van der Waals surface area contributed by atoms with Crippen LogP contribution in [-0.4, -0.2) is 58.5 Å². The van der Waals surface area contributed by atoms with Crippen molar-refractivity contribution in [3.8, 4) is 5.75 Å². The molecule has 1 heterocycles. The number of ether oxygens (including phenoxy) is 1. The first-order chi connectivity index (χ1) is 17.2. The second kappa shape index (κ2) is 12.1. The summed E-state index contributed by atoms with van der Waals surface area (Å²) in [7, 11) is 1.46. The van der Waals surface area contributed by atoms with Crippen molar-refractivity contribution in [2.75, 3.05) is 43.9 Å². The van der Waals surface area contributed by atoms with E-state index in [1.165, 1.54) is 28.4 Å². The van der Waals surface area contributed by atoms with E-state index in [2.05, 4.69) is 9.71 Å². The van der Waals surface area contributed by atoms with E-state index in [0.29, 0.717) is 39.2 Å². The van der Waals surface area contributed by atoms with Crippen molar-refractivity contribution in [3.05, 3.63) is 77.3 Å². The summed E-state index contributed by atoms with van der Waals surface area (Å²) in [6, 6.07) is 18.0. The molecule has 4 aromatic rings. The minimum absolute atomic E-state index is 0. The van der Waals surface area contributed by atoms with Crippen LogP contribution in [0.5, 0.6) is 5.75 Å². The molecule has 1 amide bonds. The molecule has 8 nitrogen and oxygen atoms in total. The van der Waals surface area contributed by atoms with E-state index in [4.69, 9.17) is 16.3 Å². The van der Waals surface area contributed by atoms with Gasteiger partial charge in [-0.15, -0.1) is 12.4 Å². The van der Waals surface area contributed by atoms with E-state index >= 15 is 0 Å². The topological polar surface area (TPSA) is 91.8 Å². The monoisotopic (exact) mass is 580 g/mol. The van der Waals surface area contributed by atoms with Gasteiger partial charge >= 0.3 is 0 Å². The van der Waals surface area contributed by atoms with Gasteiger partial charge in [0.25, 0.3) is 15.9 Å². The number of carbonyl (C=O) groups excluding carboxylic acids is 1. The van der Waals surface area contributed by atoms with Gasteiger partial charge in [-0.3, -0.25) is 14.4 Å². The summed E-state index contributed by atoms with van der Waals surface area (Å²) in [5.41, 5.74) is 0.941. The molecule has 0 radical (unpaired) electrons. The lowest BCUT2D eigenvalue weighted by molar-refractivity contribution is 0.0986. The minimum atomic E-state index is -3.90. The lowest BCUT2D eigenvalue weighted by Crippen LogP contribution is -2.37. The largest absolute Gasteiger partial charge is 0.494 e. The molecule has 0 unspecified atom stereocenters. The number of methoxy groups -OCH3 is 1. The van der Waals surface area contributed by atoms with Crippen LogP contribution < -0.4 is 14.4 Å². The highest BCUT2D eigenvalue weighted by Gasteiger charge is 2.26. The fourth-order valence-electron chi connectivity index (χ4n) is 3.51. The van der Waals surface area contributed by atoms with E-state index in [1.807, 2.05) is 19.0 Å². The molecule has 1 aromatic heterocycles. The normalized spacial score (nSPS) is 11.3. The number of likely N-dealkylation sites (N-methyl/N-ethyl adjacent to an activating group) is 1. The molecule has 1 N–H and O–H groups in total. The summed E-state index contributed by atoms with van der Waals surface area (Å²) in [6.45, 7) is 0.885. The lowest BCUT2D eigenvalue weighted by atomic mass is 10.1. The molecule has 0 bridgehead atoms. The van der Waals surface area contributed by atoms with Gasteiger partial charge in [0, 0.05) is 13.1 Å². The zero-order chi connectivity index (χ0) is 25.9. The Kier molecular flexibility index (Phi) is 9.38. The first-order valence-electron chi connectivity index (χ1n) is 11.0. The molecule has 196 valence electrons. The minimum Gasteiger partial charge on any atom is -0.494 e. The van der Waals surface area contributed by atoms with Crippen LogP contribution in [0.2, 0.25) is 5.02 Å². The molecule has 0 aliphatic rings. The number of carbonyl (C=O) groups is 1. The van der Waals surface area contributed by atoms with Crippen LogP contribution in [0.15, 0.2) is 71.6 Å². The first-order valence-corrected chi connectivity index (χ1v) is 13.7. The molecular formula is C25H26Cl2N4O4S2. The predicted octanol–water partition coefficient (Wildman–Crippen LogP) is 5.39. The zero-order valence-electron chi connectivity index (χ0n) is 20.3. The molecule has 0 atom stereocenters. The Morgan fingerprint density at radius 3 is 2.38 bits per heavy atom. The number of aromatic nitrogens is 1. The Bertz CT molecular complexity index is 1500. The van der Waals surface area contributed by atoms with Gasteiger partial charge in [-0.25, -0.2) is 13.4 Å². The number of thiazole rings is 1. The van der Waals surface area contributed by atoms with E-state index in [-0.39, 0.29) is 28.6 Å². The number of sulfonamides is 1. The van der Waals surface area contributed by atoms with Crippen LogP contribution in [0.1, 0.15) is 10.4 Å². The number of hydrogen-bond acceptors (Lipinski definition) is 7. The highest BCUT2D eigenvalue weighted by molar-refractivity contribution is 7.92. The van der Waals surface area contributed by atoms with Crippen molar-refractivity contribution >= 4 is 72.3 Å². The number of hydrogen-bond donors (Lipinski definition) is 1. The van der Waals surface area contributed by atoms with Crippen LogP contribution in [0.4, 0.5) is 10.8 Å². The molecule has 0 saturated heterocycles. The molecule has 0 saturated carbocycles. The Labute approximate surface area is 231 Å². The fourth-order valence-corrected chi connectivity index (χ4v) is 5.89. The van der Waals surface area contributed by atoms with Crippen LogP contribution in [0.3, 0.4) is 0 Å². The van der Waals surface area contributed by atoms with Gasteiger partial charge < -0.3 is 9.64 Å². The molecule has 3 aromatic carbocycles. The zero-order valence-corrected chi connectivity index (χ0v) is 23.5. The number of nitrogens with one attached hydrogen (secondary N) is 1. The maximum absolute atomic E-state index is 13.9. The number of anilines is 2. The standard InChI is InChI=1S/C25H25ClN4O4S2.ClH/c1-29(2)15-16-30(25-27-22-21(34-3)14-13-19(26)23(22)35-25)24(31)18-11-7-8-12-20(18)28-36(32,33)17-9-5-4-6-10-17;/h4-14,28H,15-16H2,1-3H3;1H. The van der Waals surface area contributed by atoms with Gasteiger partial charge in [0.05, 0.1) is 33.0 Å². The van der Waals surface area contributed by atoms with Gasteiger partial charge in [-0.05, 0) is 50.5 Å². The summed E-state index contributed by atoms with van der Waals surface area (Å²) in [5.74, 6) is 0.158. The number of nitrogens with zero attached hydrogens (tertiary/aromatic N) is 3. The number of rotatable bonds is 9. The van der Waals surface area contributed by atoms with Gasteiger partial charge in [0.15, 0.2) is 5.13 Å². The second-order valence-electron chi connectivity index (χ2n) is 8.15. The average molecular weight is 582 g/mol. The van der Waals surface area contributed by atoms with Crippen molar-refractivity contribution in [3.63, 3.8) is 0 Å². The van der Waals surface area contributed by atoms with E-state index < -0.39 is 15.9 Å². The molecule has 0 aliphatic heterocycles. The van der Waals surface area contributed by atoms with Crippen molar-refractivity contribution in [1.29, 1.82) is 0 Å². The third kappa shape index (κ3) is 6.34. The number of fused-ring (bicyclic) bond motifs is 1. The lowest BCUT2D eigenvalue weighted by Gasteiger charge is -2.23. The quantitative estimate of drug-likeness (QED) is 0.285. The van der Waals surface area contributed by atoms with Gasteiger partial charge in [-0.2, -0.15) is 0 Å². The molecule has 4 rings (SSSR count). The van der Waals surface area contributed by atoms with Crippen LogP contribution >= 0.6 is 35.3 Å². The summed E-state index contributed by atoms with van der Waals surface area (Å²) in [4.78, 5) is 22.2. The number of amides is 1. The summed E-state index contributed by atoms with van der Waals surface area (Å²) >= 11 is 7.69. The Balaban J connectivity index is 0.00000380. The van der Waals surface area contributed by atoms with Gasteiger partial charge in [-0.1, -0.05) is 53.3 Å². The van der Waals surface area contributed by atoms with Gasteiger partial charge in [0.2, 0.25) is 0 Å². The Morgan fingerprint density at radius 1 is 1.03 bits per heavy atom. The summed E-state index contributed by atoms with van der Waals surface area (Å²) in [6.07, 6.45) is 0. The molecule has 0 fully saturated rings. The van der Waals surface area contributed by atoms with Crippen LogP contribution in [-0.2, 0) is 10.0 Å². The van der Waals surface area contributed by atoms with Crippen molar-refractivity contribution in [1.82, 2.24) is 9.88 Å². The molecule has 0 spiro atoms. The third-order valence-electron chi connectivity index (χ3n) is 5.37. The predicted molar refractivity (Wildman–Crippen MR) is 152 cm³/mol. The number of benzene rings is 3. The Morgan fingerprint density at radius 2 is 1.70 bits per heavy atom. The van der Waals surface area contributed by atoms with E-state index in [9.17, 15) is 13.2 Å². The third-order valence-corrected chi connectivity index (χ3v) is 8.29. The summed E-state index contributed by atoms with van der Waals surface area (Å²) in [5, 5.41) is 0.939. The molecule has 0 aliphatic carbocycles. The fraction of sp³-hybridized carbons (Fsp3) is 0.200. The highest BCUT2D eigenvalue weighted by Crippen LogP contribution is 2.39. The second-order valence-corrected chi connectivity index (χ2v) is 11.2. The summed E-state index contributed by atoms with van der Waals surface area (Å²) < 4.78 is 34.6. The van der Waals surface area contributed by atoms with Crippen molar-refractivity contribution < 1.29 is 17.9 Å². The highest BCUT2D eigenvalue weighted by atomic mass is 35.5. The molecule has 12 heteroatoms. The van der Waals surface area contributed by atoms with Crippen molar-refractivity contribution in [2.45, 2.75) is 4.90 Å². The smallest absolute Gasteiger partial charge is 0.262 e. The number of para-hydroxylation sites is 1. The SMILES string of the molecule is COc1ccc(Cl)c2sc(N(CCN(C)C)C(=O)c3ccccc3NS(=O)(=O)c3ccccc3)nc12.Cl. The Hall–Kier alpha value is -2.89. The maximum atomic E-state index is 13.9. The van der Waals surface area contributed by atoms with Crippen LogP contribution in [0.25, 0.3) is 10.2 Å². The van der Waals surface area contributed by atoms with E-state index in [1.54, 1.807) is 61.7 Å². The van der Waals surface area contributed by atoms with Gasteiger partial charge in [0.1, 0.15) is 11.3 Å². The first kappa shape index (κ1) is 28.7. The van der Waals surface area contributed by atoms with Crippen LogP contribution in [0, 0.1) is 0 Å².